The minimum Gasteiger partial charge on any atom is -0.356 e. The highest BCUT2D eigenvalue weighted by Gasteiger charge is 2.25. The van der Waals surface area contributed by atoms with Crippen molar-refractivity contribution in [3.63, 3.8) is 0 Å². The molecule has 0 spiro atoms. The van der Waals surface area contributed by atoms with Gasteiger partial charge in [-0.25, -0.2) is 4.39 Å². The normalized spacial score (nSPS) is 15.4. The third-order valence-electron chi connectivity index (χ3n) is 4.54. The Hall–Kier alpha value is -1.71. The predicted molar refractivity (Wildman–Crippen MR) is 115 cm³/mol. The zero-order chi connectivity index (χ0) is 19.2. The fourth-order valence-electron chi connectivity index (χ4n) is 2.87. The molecule has 1 aromatic rings. The van der Waals surface area contributed by atoms with Crippen LogP contribution < -0.4 is 10.6 Å². The van der Waals surface area contributed by atoms with Crippen LogP contribution in [-0.2, 0) is 15.0 Å². The van der Waals surface area contributed by atoms with E-state index in [9.17, 15) is 14.0 Å². The fourth-order valence-corrected chi connectivity index (χ4v) is 2.87. The summed E-state index contributed by atoms with van der Waals surface area (Å²) in [6, 6.07) is 6.56. The van der Waals surface area contributed by atoms with Gasteiger partial charge in [0.1, 0.15) is 5.82 Å². The standard InChI is InChI=1S/C19H27FN4O2.HI/c1-19(2,14-6-4-7-15(20)12-14)13-23-18(21-3)22-10-11-24-16(25)8-5-9-17(24)26;/h4,6-7,12H,5,8-11,13H2,1-3H3,(H2,21,22,23);1H. The van der Waals surface area contributed by atoms with E-state index in [1.807, 2.05) is 19.9 Å². The van der Waals surface area contributed by atoms with E-state index in [0.717, 1.165) is 5.56 Å². The van der Waals surface area contributed by atoms with Crippen molar-refractivity contribution in [3.05, 3.63) is 35.6 Å². The van der Waals surface area contributed by atoms with Gasteiger partial charge in [-0.3, -0.25) is 19.5 Å². The summed E-state index contributed by atoms with van der Waals surface area (Å²) < 4.78 is 13.5. The van der Waals surface area contributed by atoms with E-state index in [-0.39, 0.29) is 47.0 Å². The maximum Gasteiger partial charge on any atom is 0.229 e. The molecule has 1 aliphatic rings. The second-order valence-corrected chi connectivity index (χ2v) is 7.04. The van der Waals surface area contributed by atoms with E-state index >= 15 is 0 Å². The molecule has 1 aromatic carbocycles. The molecule has 0 aliphatic carbocycles. The van der Waals surface area contributed by atoms with Crippen LogP contribution in [0, 0.1) is 5.82 Å². The third-order valence-corrected chi connectivity index (χ3v) is 4.54. The first-order valence-electron chi connectivity index (χ1n) is 8.87. The van der Waals surface area contributed by atoms with Gasteiger partial charge >= 0.3 is 0 Å². The van der Waals surface area contributed by atoms with Crippen molar-refractivity contribution in [2.24, 2.45) is 4.99 Å². The number of hydrogen-bond donors (Lipinski definition) is 2. The molecule has 1 fully saturated rings. The average molecular weight is 490 g/mol. The summed E-state index contributed by atoms with van der Waals surface area (Å²) in [7, 11) is 1.65. The number of carbonyl (C=O) groups excluding carboxylic acids is 2. The number of amides is 2. The first kappa shape index (κ1) is 23.3. The number of aliphatic imine (C=N–C) groups is 1. The lowest BCUT2D eigenvalue weighted by molar-refractivity contribution is -0.147. The van der Waals surface area contributed by atoms with Crippen LogP contribution in [0.3, 0.4) is 0 Å². The van der Waals surface area contributed by atoms with Crippen molar-refractivity contribution in [3.8, 4) is 0 Å². The number of halogens is 2. The molecule has 1 saturated heterocycles. The molecule has 8 heteroatoms. The van der Waals surface area contributed by atoms with Crippen molar-refractivity contribution in [2.75, 3.05) is 26.7 Å². The smallest absolute Gasteiger partial charge is 0.229 e. The molecule has 27 heavy (non-hydrogen) atoms. The summed E-state index contributed by atoms with van der Waals surface area (Å²) in [5.41, 5.74) is 0.600. The van der Waals surface area contributed by atoms with E-state index in [4.69, 9.17) is 0 Å². The Kier molecular flexibility index (Phi) is 9.14. The summed E-state index contributed by atoms with van der Waals surface area (Å²) in [5.74, 6) is 0.0943. The van der Waals surface area contributed by atoms with Gasteiger partial charge in [0, 0.05) is 44.9 Å². The van der Waals surface area contributed by atoms with Crippen molar-refractivity contribution >= 4 is 41.8 Å². The Bertz CT molecular complexity index is 678. The fraction of sp³-hybridized carbons (Fsp3) is 0.526. The second-order valence-electron chi connectivity index (χ2n) is 7.04. The minimum absolute atomic E-state index is 0. The van der Waals surface area contributed by atoms with Crippen LogP contribution in [0.5, 0.6) is 0 Å². The Balaban J connectivity index is 0.00000364. The van der Waals surface area contributed by atoms with Gasteiger partial charge in [0.15, 0.2) is 5.96 Å². The number of guanidine groups is 1. The van der Waals surface area contributed by atoms with Gasteiger partial charge < -0.3 is 10.6 Å². The third kappa shape index (κ3) is 6.75. The van der Waals surface area contributed by atoms with Gasteiger partial charge in [-0.15, -0.1) is 24.0 Å². The molecule has 1 aliphatic heterocycles. The largest absolute Gasteiger partial charge is 0.356 e. The van der Waals surface area contributed by atoms with E-state index in [2.05, 4.69) is 15.6 Å². The lowest BCUT2D eigenvalue weighted by Crippen LogP contribution is -2.48. The molecule has 2 rings (SSSR count). The zero-order valence-corrected chi connectivity index (χ0v) is 18.4. The Morgan fingerprint density at radius 1 is 1.22 bits per heavy atom. The molecule has 0 bridgehead atoms. The molecule has 6 nitrogen and oxygen atoms in total. The summed E-state index contributed by atoms with van der Waals surface area (Å²) in [5, 5.41) is 6.33. The van der Waals surface area contributed by atoms with Crippen LogP contribution in [0.1, 0.15) is 38.7 Å². The predicted octanol–water partition coefficient (Wildman–Crippen LogP) is 2.43. The number of benzene rings is 1. The molecule has 0 atom stereocenters. The SMILES string of the molecule is CN=C(NCCN1C(=O)CCCC1=O)NCC(C)(C)c1cccc(F)c1.I. The molecular weight excluding hydrogens is 462 g/mol. The number of hydrogen-bond acceptors (Lipinski definition) is 3. The van der Waals surface area contributed by atoms with Gasteiger partial charge in [0.2, 0.25) is 11.8 Å². The lowest BCUT2D eigenvalue weighted by Gasteiger charge is -2.28. The maximum absolute atomic E-state index is 13.5. The average Bonchev–Trinajstić information content (AvgIpc) is 2.60. The molecule has 150 valence electrons. The number of carbonyl (C=O) groups is 2. The topological polar surface area (TPSA) is 73.8 Å². The van der Waals surface area contributed by atoms with Crippen LogP contribution in [0.4, 0.5) is 4.39 Å². The first-order valence-corrected chi connectivity index (χ1v) is 8.87. The number of nitrogens with zero attached hydrogens (tertiary/aromatic N) is 2. The van der Waals surface area contributed by atoms with Gasteiger partial charge in [-0.2, -0.15) is 0 Å². The molecule has 0 unspecified atom stereocenters. The van der Waals surface area contributed by atoms with E-state index in [0.29, 0.717) is 44.9 Å². The summed E-state index contributed by atoms with van der Waals surface area (Å²) >= 11 is 0. The molecule has 0 radical (unpaired) electrons. The molecule has 1 heterocycles. The molecule has 2 amide bonds. The number of imide groups is 1. The molecule has 0 saturated carbocycles. The van der Waals surface area contributed by atoms with Gasteiger partial charge in [0.25, 0.3) is 0 Å². The van der Waals surface area contributed by atoms with Crippen molar-refractivity contribution in [1.29, 1.82) is 0 Å². The first-order chi connectivity index (χ1) is 12.3. The molecule has 2 N–H and O–H groups in total. The quantitative estimate of drug-likeness (QED) is 0.278. The lowest BCUT2D eigenvalue weighted by atomic mass is 9.84. The number of rotatable bonds is 6. The van der Waals surface area contributed by atoms with Gasteiger partial charge in [-0.1, -0.05) is 26.0 Å². The van der Waals surface area contributed by atoms with E-state index < -0.39 is 0 Å². The minimum atomic E-state index is -0.293. The number of likely N-dealkylation sites (tertiary alicyclic amines) is 1. The van der Waals surface area contributed by atoms with Gasteiger partial charge in [-0.05, 0) is 24.1 Å². The highest BCUT2D eigenvalue weighted by Crippen LogP contribution is 2.22. The molecule has 0 aromatic heterocycles. The summed E-state index contributed by atoms with van der Waals surface area (Å²) in [6.07, 6.45) is 1.50. The Morgan fingerprint density at radius 2 is 1.89 bits per heavy atom. The zero-order valence-electron chi connectivity index (χ0n) is 16.0. The van der Waals surface area contributed by atoms with E-state index in [1.165, 1.54) is 17.0 Å². The summed E-state index contributed by atoms with van der Waals surface area (Å²) in [4.78, 5) is 29.0. The van der Waals surface area contributed by atoms with Crippen LogP contribution in [-0.4, -0.2) is 49.4 Å². The Labute approximate surface area is 177 Å². The number of piperidine rings is 1. The highest BCUT2D eigenvalue weighted by molar-refractivity contribution is 14.0. The van der Waals surface area contributed by atoms with Gasteiger partial charge in [0.05, 0.1) is 0 Å². The van der Waals surface area contributed by atoms with Crippen LogP contribution in [0.2, 0.25) is 0 Å². The molecular formula is C19H28FIN4O2. The monoisotopic (exact) mass is 490 g/mol. The summed E-state index contributed by atoms with van der Waals surface area (Å²) in [6.45, 7) is 5.35. The maximum atomic E-state index is 13.5. The van der Waals surface area contributed by atoms with Crippen molar-refractivity contribution < 1.29 is 14.0 Å². The highest BCUT2D eigenvalue weighted by atomic mass is 127. The van der Waals surface area contributed by atoms with Crippen LogP contribution in [0.15, 0.2) is 29.3 Å². The van der Waals surface area contributed by atoms with Crippen molar-refractivity contribution in [1.82, 2.24) is 15.5 Å². The second kappa shape index (κ2) is 10.6. The van der Waals surface area contributed by atoms with Crippen LogP contribution in [0.25, 0.3) is 0 Å². The number of nitrogens with one attached hydrogen (secondary N) is 2. The van der Waals surface area contributed by atoms with Crippen molar-refractivity contribution in [2.45, 2.75) is 38.5 Å². The van der Waals surface area contributed by atoms with Crippen LogP contribution >= 0.6 is 24.0 Å². The Morgan fingerprint density at radius 3 is 2.48 bits per heavy atom. The van der Waals surface area contributed by atoms with E-state index in [1.54, 1.807) is 13.1 Å².